The van der Waals surface area contributed by atoms with Gasteiger partial charge in [0.25, 0.3) is 5.89 Å². The summed E-state index contributed by atoms with van der Waals surface area (Å²) in [5, 5.41) is 5.80. The van der Waals surface area contributed by atoms with E-state index in [1.807, 2.05) is 12.1 Å². The standard InChI is InChI=1S/C19H22N4O3/c1-12(24)21-15-4-2-3-14(9-15)17-10-20-19(26-17)18(25)22-16-11-23-7-5-13(16)6-8-23/h2-4,9-10,13,16H,5-8,11H2,1H3,(H,21,24)(H,22,25). The molecule has 2 aromatic rings. The number of amides is 2. The van der Waals surface area contributed by atoms with Crippen LogP contribution in [0.1, 0.15) is 30.5 Å². The summed E-state index contributed by atoms with van der Waals surface area (Å²) in [6.45, 7) is 4.62. The quantitative estimate of drug-likeness (QED) is 0.878. The lowest BCUT2D eigenvalue weighted by Gasteiger charge is -2.44. The highest BCUT2D eigenvalue weighted by molar-refractivity contribution is 5.91. The molecular formula is C19H22N4O3. The Morgan fingerprint density at radius 3 is 2.77 bits per heavy atom. The average Bonchev–Trinajstić information content (AvgIpc) is 3.13. The number of anilines is 1. The van der Waals surface area contributed by atoms with Gasteiger partial charge in [-0.1, -0.05) is 12.1 Å². The maximum Gasteiger partial charge on any atom is 0.307 e. The second kappa shape index (κ2) is 6.92. The Hall–Kier alpha value is -2.67. The lowest BCUT2D eigenvalue weighted by Crippen LogP contribution is -2.57. The van der Waals surface area contributed by atoms with Crippen molar-refractivity contribution in [3.05, 3.63) is 36.4 Å². The fraction of sp³-hybridized carbons (Fsp3) is 0.421. The molecule has 3 aliphatic rings. The molecule has 2 N–H and O–H groups in total. The van der Waals surface area contributed by atoms with Gasteiger partial charge in [-0.25, -0.2) is 4.98 Å². The first-order chi connectivity index (χ1) is 12.6. The topological polar surface area (TPSA) is 87.5 Å². The Balaban J connectivity index is 1.46. The summed E-state index contributed by atoms with van der Waals surface area (Å²) in [5.41, 5.74) is 1.43. The average molecular weight is 354 g/mol. The molecule has 3 saturated heterocycles. The van der Waals surface area contributed by atoms with Gasteiger partial charge in [-0.15, -0.1) is 0 Å². The molecule has 2 bridgehead atoms. The summed E-state index contributed by atoms with van der Waals surface area (Å²) in [6.07, 6.45) is 3.81. The summed E-state index contributed by atoms with van der Waals surface area (Å²) < 4.78 is 5.66. The van der Waals surface area contributed by atoms with Gasteiger partial charge in [0.05, 0.1) is 6.20 Å². The molecular weight excluding hydrogens is 332 g/mol. The summed E-state index contributed by atoms with van der Waals surface area (Å²) in [7, 11) is 0. The molecule has 136 valence electrons. The Morgan fingerprint density at radius 1 is 1.27 bits per heavy atom. The van der Waals surface area contributed by atoms with Crippen LogP contribution in [0.25, 0.3) is 11.3 Å². The van der Waals surface area contributed by atoms with Crippen LogP contribution in [0.3, 0.4) is 0 Å². The SMILES string of the molecule is CC(=O)Nc1cccc(-c2cnc(C(=O)NC3CN4CCC3CC4)o2)c1. The Kier molecular flexibility index (Phi) is 4.46. The highest BCUT2D eigenvalue weighted by Gasteiger charge is 2.35. The Morgan fingerprint density at radius 2 is 2.08 bits per heavy atom. The number of nitrogens with one attached hydrogen (secondary N) is 2. The van der Waals surface area contributed by atoms with Gasteiger partial charge >= 0.3 is 5.91 Å². The van der Waals surface area contributed by atoms with Gasteiger partial charge in [-0.2, -0.15) is 0 Å². The Bertz CT molecular complexity index is 824. The second-order valence-electron chi connectivity index (χ2n) is 7.01. The van der Waals surface area contributed by atoms with E-state index in [0.717, 1.165) is 38.0 Å². The lowest BCUT2D eigenvalue weighted by atomic mass is 9.84. The van der Waals surface area contributed by atoms with E-state index < -0.39 is 0 Å². The molecule has 4 heterocycles. The molecule has 3 aliphatic heterocycles. The smallest absolute Gasteiger partial charge is 0.307 e. The van der Waals surface area contributed by atoms with Crippen LogP contribution < -0.4 is 10.6 Å². The van der Waals surface area contributed by atoms with Crippen LogP contribution in [0.4, 0.5) is 5.69 Å². The van der Waals surface area contributed by atoms with Crippen LogP contribution in [-0.4, -0.2) is 47.4 Å². The minimum Gasteiger partial charge on any atom is -0.432 e. The van der Waals surface area contributed by atoms with Gasteiger partial charge in [0, 0.05) is 30.8 Å². The van der Waals surface area contributed by atoms with Crippen LogP contribution in [-0.2, 0) is 4.79 Å². The molecule has 0 aliphatic carbocycles. The van der Waals surface area contributed by atoms with Crippen LogP contribution in [0.15, 0.2) is 34.9 Å². The van der Waals surface area contributed by atoms with Gasteiger partial charge in [0.15, 0.2) is 5.76 Å². The number of aromatic nitrogens is 1. The minimum atomic E-state index is -0.270. The second-order valence-corrected chi connectivity index (χ2v) is 7.01. The highest BCUT2D eigenvalue weighted by atomic mass is 16.4. The number of carbonyl (C=O) groups excluding carboxylic acids is 2. The molecule has 5 rings (SSSR count). The van der Waals surface area contributed by atoms with Gasteiger partial charge in [-0.05, 0) is 44.0 Å². The number of carbonyl (C=O) groups is 2. The largest absolute Gasteiger partial charge is 0.432 e. The minimum absolute atomic E-state index is 0.0707. The summed E-state index contributed by atoms with van der Waals surface area (Å²) in [5.74, 6) is 0.704. The third kappa shape index (κ3) is 3.48. The van der Waals surface area contributed by atoms with E-state index in [1.54, 1.807) is 12.1 Å². The third-order valence-corrected chi connectivity index (χ3v) is 5.14. The van der Waals surface area contributed by atoms with Crippen LogP contribution >= 0.6 is 0 Å². The normalized spacial score (nSPS) is 24.3. The van der Waals surface area contributed by atoms with Crippen LogP contribution in [0.5, 0.6) is 0 Å². The molecule has 1 atom stereocenters. The van der Waals surface area contributed by atoms with Crippen molar-refractivity contribution in [2.45, 2.75) is 25.8 Å². The van der Waals surface area contributed by atoms with Crippen molar-refractivity contribution in [2.75, 3.05) is 25.0 Å². The number of piperidine rings is 3. The van der Waals surface area contributed by atoms with E-state index in [1.165, 1.54) is 13.1 Å². The highest BCUT2D eigenvalue weighted by Crippen LogP contribution is 2.28. The third-order valence-electron chi connectivity index (χ3n) is 5.14. The molecule has 7 heteroatoms. The first-order valence-electron chi connectivity index (χ1n) is 8.95. The molecule has 0 spiro atoms. The molecule has 7 nitrogen and oxygen atoms in total. The maximum absolute atomic E-state index is 12.5. The monoisotopic (exact) mass is 354 g/mol. The zero-order valence-corrected chi connectivity index (χ0v) is 14.7. The predicted octanol–water partition coefficient (Wildman–Crippen LogP) is 2.12. The number of hydrogen-bond acceptors (Lipinski definition) is 5. The van der Waals surface area contributed by atoms with Gasteiger partial charge < -0.3 is 20.0 Å². The van der Waals surface area contributed by atoms with Crippen LogP contribution in [0.2, 0.25) is 0 Å². The van der Waals surface area contributed by atoms with Crippen molar-refractivity contribution in [2.24, 2.45) is 5.92 Å². The fourth-order valence-electron chi connectivity index (χ4n) is 3.82. The molecule has 3 fully saturated rings. The van der Waals surface area contributed by atoms with Crippen molar-refractivity contribution in [1.82, 2.24) is 15.2 Å². The number of oxazole rings is 1. The van der Waals surface area contributed by atoms with E-state index in [-0.39, 0.29) is 23.7 Å². The van der Waals surface area contributed by atoms with E-state index in [4.69, 9.17) is 4.42 Å². The fourth-order valence-corrected chi connectivity index (χ4v) is 3.82. The molecule has 1 unspecified atom stereocenters. The number of benzene rings is 1. The molecule has 1 aromatic carbocycles. The molecule has 0 radical (unpaired) electrons. The zero-order valence-electron chi connectivity index (χ0n) is 14.7. The first-order valence-corrected chi connectivity index (χ1v) is 8.95. The van der Waals surface area contributed by atoms with E-state index in [0.29, 0.717) is 17.4 Å². The number of hydrogen-bond donors (Lipinski definition) is 2. The predicted molar refractivity (Wildman–Crippen MR) is 96.7 cm³/mol. The van der Waals surface area contributed by atoms with E-state index in [9.17, 15) is 9.59 Å². The molecule has 26 heavy (non-hydrogen) atoms. The van der Waals surface area contributed by atoms with Gasteiger partial charge in [-0.3, -0.25) is 9.59 Å². The summed E-state index contributed by atoms with van der Waals surface area (Å²) >= 11 is 0. The zero-order chi connectivity index (χ0) is 18.1. The first kappa shape index (κ1) is 16.8. The lowest BCUT2D eigenvalue weighted by molar-refractivity contribution is -0.114. The summed E-state index contributed by atoms with van der Waals surface area (Å²) in [6, 6.07) is 7.42. The van der Waals surface area contributed by atoms with Crippen molar-refractivity contribution in [3.63, 3.8) is 0 Å². The van der Waals surface area contributed by atoms with E-state index >= 15 is 0 Å². The molecule has 2 amide bonds. The van der Waals surface area contributed by atoms with Gasteiger partial charge in [0.2, 0.25) is 5.91 Å². The van der Waals surface area contributed by atoms with E-state index in [2.05, 4.69) is 20.5 Å². The molecule has 0 saturated carbocycles. The number of rotatable bonds is 4. The van der Waals surface area contributed by atoms with Crippen LogP contribution in [0, 0.1) is 5.92 Å². The number of fused-ring (bicyclic) bond motifs is 3. The molecule has 1 aromatic heterocycles. The van der Waals surface area contributed by atoms with Crippen molar-refractivity contribution in [1.29, 1.82) is 0 Å². The maximum atomic E-state index is 12.5. The number of nitrogens with zero attached hydrogens (tertiary/aromatic N) is 2. The van der Waals surface area contributed by atoms with Crippen molar-refractivity contribution in [3.8, 4) is 11.3 Å². The van der Waals surface area contributed by atoms with Crippen molar-refractivity contribution >= 4 is 17.5 Å². The van der Waals surface area contributed by atoms with Gasteiger partial charge in [0.1, 0.15) is 0 Å². The van der Waals surface area contributed by atoms with Crippen molar-refractivity contribution < 1.29 is 14.0 Å². The summed E-state index contributed by atoms with van der Waals surface area (Å²) in [4.78, 5) is 30.2. The Labute approximate surface area is 151 Å².